The van der Waals surface area contributed by atoms with E-state index in [4.69, 9.17) is 0 Å². The highest BCUT2D eigenvalue weighted by Crippen LogP contribution is 2.20. The number of fused-ring (bicyclic) bond motifs is 1. The van der Waals surface area contributed by atoms with E-state index in [1.807, 2.05) is 0 Å². The summed E-state index contributed by atoms with van der Waals surface area (Å²) in [5.41, 5.74) is 3.08. The number of nitrogens with one attached hydrogen (secondary N) is 2. The second kappa shape index (κ2) is 6.56. The number of anilines is 1. The Kier molecular flexibility index (Phi) is 4.32. The van der Waals surface area contributed by atoms with Gasteiger partial charge in [-0.25, -0.2) is 4.98 Å². The van der Waals surface area contributed by atoms with Gasteiger partial charge < -0.3 is 10.6 Å². The number of carbonyl (C=O) groups excluding carboxylic acids is 1. The second-order valence-corrected chi connectivity index (χ2v) is 5.58. The van der Waals surface area contributed by atoms with Gasteiger partial charge in [-0.1, -0.05) is 24.3 Å². The van der Waals surface area contributed by atoms with Gasteiger partial charge in [-0.3, -0.25) is 9.78 Å². The quantitative estimate of drug-likeness (QED) is 0.852. The highest BCUT2D eigenvalue weighted by molar-refractivity contribution is 5.92. The van der Waals surface area contributed by atoms with E-state index in [0.29, 0.717) is 11.5 Å². The number of hydrogen-bond donors (Lipinski definition) is 2. The van der Waals surface area contributed by atoms with E-state index in [0.717, 1.165) is 25.7 Å². The van der Waals surface area contributed by atoms with Crippen LogP contribution in [0.2, 0.25) is 0 Å². The molecule has 2 N–H and O–H groups in total. The largest absolute Gasteiger partial charge is 0.372 e. The number of amides is 1. The first-order valence-electron chi connectivity index (χ1n) is 7.63. The summed E-state index contributed by atoms with van der Waals surface area (Å²) in [7, 11) is 1.76. The van der Waals surface area contributed by atoms with Gasteiger partial charge in [0.2, 0.25) is 0 Å². The zero-order chi connectivity index (χ0) is 15.4. The molecule has 1 aliphatic carbocycles. The Labute approximate surface area is 130 Å². The van der Waals surface area contributed by atoms with Crippen molar-refractivity contribution < 1.29 is 4.79 Å². The molecule has 5 nitrogen and oxygen atoms in total. The van der Waals surface area contributed by atoms with Crippen molar-refractivity contribution in [3.8, 4) is 0 Å². The van der Waals surface area contributed by atoms with Crippen LogP contribution in [0.25, 0.3) is 0 Å². The average Bonchev–Trinajstić information content (AvgIpc) is 2.76. The Morgan fingerprint density at radius 1 is 1.23 bits per heavy atom. The summed E-state index contributed by atoms with van der Waals surface area (Å²) in [6, 6.07) is 8.63. The number of nitrogens with zero attached hydrogens (tertiary/aromatic N) is 2. The van der Waals surface area contributed by atoms with E-state index in [1.165, 1.54) is 17.3 Å². The molecule has 5 heteroatoms. The summed E-state index contributed by atoms with van der Waals surface area (Å²) in [6.45, 7) is 0. The zero-order valence-electron chi connectivity index (χ0n) is 12.7. The van der Waals surface area contributed by atoms with Crippen molar-refractivity contribution in [2.75, 3.05) is 12.4 Å². The standard InChI is InChI=1S/C17H20N4O/c1-18-16-11-19-10-15(21-16)17(22)20-14-8-4-7-12-5-2-3-6-13(12)9-14/h2-3,5-6,10-11,14H,4,7-9H2,1H3,(H,18,21)(H,20,22). The predicted molar refractivity (Wildman–Crippen MR) is 85.9 cm³/mol. The molecule has 0 fully saturated rings. The lowest BCUT2D eigenvalue weighted by Crippen LogP contribution is -2.36. The summed E-state index contributed by atoms with van der Waals surface area (Å²) in [4.78, 5) is 20.6. The third kappa shape index (κ3) is 3.24. The molecular weight excluding hydrogens is 276 g/mol. The minimum Gasteiger partial charge on any atom is -0.372 e. The second-order valence-electron chi connectivity index (χ2n) is 5.58. The van der Waals surface area contributed by atoms with Gasteiger partial charge >= 0.3 is 0 Å². The molecule has 0 bridgehead atoms. The first-order valence-corrected chi connectivity index (χ1v) is 7.63. The van der Waals surface area contributed by atoms with Gasteiger partial charge in [-0.2, -0.15) is 0 Å². The summed E-state index contributed by atoms with van der Waals surface area (Å²) < 4.78 is 0. The van der Waals surface area contributed by atoms with Crippen molar-refractivity contribution in [2.45, 2.75) is 31.7 Å². The molecule has 1 unspecified atom stereocenters. The molecule has 0 saturated carbocycles. The lowest BCUT2D eigenvalue weighted by molar-refractivity contribution is 0.0929. The smallest absolute Gasteiger partial charge is 0.271 e. The van der Waals surface area contributed by atoms with E-state index in [1.54, 1.807) is 13.2 Å². The van der Waals surface area contributed by atoms with Crippen molar-refractivity contribution >= 4 is 11.7 Å². The fourth-order valence-corrected chi connectivity index (χ4v) is 2.89. The average molecular weight is 296 g/mol. The van der Waals surface area contributed by atoms with Crippen molar-refractivity contribution in [3.63, 3.8) is 0 Å². The van der Waals surface area contributed by atoms with Crippen LogP contribution in [0, 0.1) is 0 Å². The van der Waals surface area contributed by atoms with Crippen LogP contribution in [0.5, 0.6) is 0 Å². The number of aromatic nitrogens is 2. The Bertz CT molecular complexity index is 671. The molecule has 1 atom stereocenters. The van der Waals surface area contributed by atoms with E-state index >= 15 is 0 Å². The van der Waals surface area contributed by atoms with Crippen LogP contribution >= 0.6 is 0 Å². The van der Waals surface area contributed by atoms with Crippen LogP contribution in [-0.4, -0.2) is 29.0 Å². The lowest BCUT2D eigenvalue weighted by atomic mass is 10.0. The minimum absolute atomic E-state index is 0.149. The molecule has 114 valence electrons. The molecule has 0 radical (unpaired) electrons. The Balaban J connectivity index is 1.71. The van der Waals surface area contributed by atoms with Crippen molar-refractivity contribution in [1.29, 1.82) is 0 Å². The van der Waals surface area contributed by atoms with Gasteiger partial charge in [0.25, 0.3) is 5.91 Å². The van der Waals surface area contributed by atoms with Crippen LogP contribution in [0.3, 0.4) is 0 Å². The number of hydrogen-bond acceptors (Lipinski definition) is 4. The topological polar surface area (TPSA) is 66.9 Å². The molecule has 1 aliphatic rings. The maximum Gasteiger partial charge on any atom is 0.271 e. The zero-order valence-corrected chi connectivity index (χ0v) is 12.7. The summed E-state index contributed by atoms with van der Waals surface area (Å²) in [6.07, 6.45) is 7.13. The van der Waals surface area contributed by atoms with Gasteiger partial charge in [-0.05, 0) is 36.8 Å². The Hall–Kier alpha value is -2.43. The van der Waals surface area contributed by atoms with Crippen LogP contribution < -0.4 is 10.6 Å². The number of carbonyl (C=O) groups is 1. The molecule has 3 rings (SSSR count). The number of benzene rings is 1. The van der Waals surface area contributed by atoms with Crippen LogP contribution in [0.15, 0.2) is 36.7 Å². The van der Waals surface area contributed by atoms with Gasteiger partial charge in [0.05, 0.1) is 12.4 Å². The number of rotatable bonds is 3. The monoisotopic (exact) mass is 296 g/mol. The molecule has 22 heavy (non-hydrogen) atoms. The summed E-state index contributed by atoms with van der Waals surface area (Å²) in [5, 5.41) is 5.99. The maximum absolute atomic E-state index is 12.4. The minimum atomic E-state index is -0.158. The third-order valence-electron chi connectivity index (χ3n) is 4.04. The van der Waals surface area contributed by atoms with Crippen LogP contribution in [0.4, 0.5) is 5.82 Å². The van der Waals surface area contributed by atoms with Gasteiger partial charge in [0, 0.05) is 13.1 Å². The van der Waals surface area contributed by atoms with E-state index in [-0.39, 0.29) is 11.9 Å². The van der Waals surface area contributed by atoms with Crippen molar-refractivity contribution in [3.05, 3.63) is 53.5 Å². The number of aryl methyl sites for hydroxylation is 1. The SMILES string of the molecule is CNc1cncc(C(=O)NC2CCCc3ccccc3C2)n1. The third-order valence-corrected chi connectivity index (χ3v) is 4.04. The normalized spacial score (nSPS) is 17.2. The molecule has 0 saturated heterocycles. The molecule has 1 heterocycles. The van der Waals surface area contributed by atoms with Gasteiger partial charge in [-0.15, -0.1) is 0 Å². The first-order chi connectivity index (χ1) is 10.8. The van der Waals surface area contributed by atoms with Gasteiger partial charge in [0.15, 0.2) is 0 Å². The van der Waals surface area contributed by atoms with Crippen LogP contribution in [0.1, 0.15) is 34.5 Å². The first kappa shape index (κ1) is 14.5. The van der Waals surface area contributed by atoms with E-state index in [2.05, 4.69) is 44.9 Å². The molecule has 2 aromatic rings. The summed E-state index contributed by atoms with van der Waals surface area (Å²) in [5.74, 6) is 0.438. The van der Waals surface area contributed by atoms with Crippen molar-refractivity contribution in [2.24, 2.45) is 0 Å². The highest BCUT2D eigenvalue weighted by Gasteiger charge is 2.19. The fourth-order valence-electron chi connectivity index (χ4n) is 2.89. The summed E-state index contributed by atoms with van der Waals surface area (Å²) >= 11 is 0. The molecular formula is C17H20N4O. The van der Waals surface area contributed by atoms with Crippen LogP contribution in [-0.2, 0) is 12.8 Å². The van der Waals surface area contributed by atoms with E-state index in [9.17, 15) is 4.79 Å². The Morgan fingerprint density at radius 2 is 2.05 bits per heavy atom. The fraction of sp³-hybridized carbons (Fsp3) is 0.353. The lowest BCUT2D eigenvalue weighted by Gasteiger charge is -2.16. The van der Waals surface area contributed by atoms with Crippen molar-refractivity contribution in [1.82, 2.24) is 15.3 Å². The Morgan fingerprint density at radius 3 is 2.86 bits per heavy atom. The maximum atomic E-state index is 12.4. The molecule has 0 spiro atoms. The molecule has 1 aromatic carbocycles. The highest BCUT2D eigenvalue weighted by atomic mass is 16.1. The molecule has 1 amide bonds. The molecule has 1 aromatic heterocycles. The van der Waals surface area contributed by atoms with Gasteiger partial charge in [0.1, 0.15) is 11.5 Å². The molecule has 0 aliphatic heterocycles. The van der Waals surface area contributed by atoms with E-state index < -0.39 is 0 Å². The predicted octanol–water partition coefficient (Wildman–Crippen LogP) is 2.20.